The van der Waals surface area contributed by atoms with Crippen molar-refractivity contribution < 1.29 is 14.3 Å². The number of aromatic nitrogens is 2. The lowest BCUT2D eigenvalue weighted by molar-refractivity contribution is -0.119. The van der Waals surface area contributed by atoms with E-state index in [9.17, 15) is 9.59 Å². The summed E-state index contributed by atoms with van der Waals surface area (Å²) in [7, 11) is 1.57. The van der Waals surface area contributed by atoms with E-state index in [0.717, 1.165) is 17.5 Å². The van der Waals surface area contributed by atoms with Crippen molar-refractivity contribution in [3.05, 3.63) is 54.1 Å². The van der Waals surface area contributed by atoms with Crippen LogP contribution in [-0.4, -0.2) is 34.9 Å². The van der Waals surface area contributed by atoms with Crippen molar-refractivity contribution in [2.24, 2.45) is 5.92 Å². The van der Waals surface area contributed by atoms with Gasteiger partial charge in [-0.15, -0.1) is 0 Å². The molecule has 1 heterocycles. The Labute approximate surface area is 163 Å². The van der Waals surface area contributed by atoms with Gasteiger partial charge < -0.3 is 15.0 Å². The minimum Gasteiger partial charge on any atom is -0.497 e. The number of carbonyl (C=O) groups excluding carboxylic acids is 2. The van der Waals surface area contributed by atoms with E-state index in [0.29, 0.717) is 17.3 Å². The van der Waals surface area contributed by atoms with Gasteiger partial charge in [0.05, 0.1) is 18.1 Å². The molecule has 0 spiro atoms. The highest BCUT2D eigenvalue weighted by Gasteiger charge is 2.27. The second-order valence-corrected chi connectivity index (χ2v) is 6.66. The van der Waals surface area contributed by atoms with Crippen LogP contribution in [0.2, 0.25) is 0 Å². The van der Waals surface area contributed by atoms with Gasteiger partial charge in [0.15, 0.2) is 0 Å². The SMILES string of the molecule is CCC(C)C(NC(=O)c1ccc(OC)cc1)C(=O)Nc1nc2ccccc2[nH]1. The number of fused-ring (bicyclic) bond motifs is 1. The van der Waals surface area contributed by atoms with Crippen molar-refractivity contribution in [1.29, 1.82) is 0 Å². The highest BCUT2D eigenvalue weighted by molar-refractivity contribution is 6.01. The van der Waals surface area contributed by atoms with Crippen LogP contribution in [0.15, 0.2) is 48.5 Å². The van der Waals surface area contributed by atoms with Crippen molar-refractivity contribution in [2.45, 2.75) is 26.3 Å². The zero-order valence-electron chi connectivity index (χ0n) is 16.2. The summed E-state index contributed by atoms with van der Waals surface area (Å²) in [6.45, 7) is 3.91. The summed E-state index contributed by atoms with van der Waals surface area (Å²) in [4.78, 5) is 32.9. The number of anilines is 1. The number of H-pyrrole nitrogens is 1. The number of para-hydroxylation sites is 2. The third-order valence-electron chi connectivity index (χ3n) is 4.77. The van der Waals surface area contributed by atoms with Gasteiger partial charge in [-0.25, -0.2) is 4.98 Å². The van der Waals surface area contributed by atoms with Gasteiger partial charge in [0.1, 0.15) is 11.8 Å². The second-order valence-electron chi connectivity index (χ2n) is 6.66. The molecule has 28 heavy (non-hydrogen) atoms. The molecule has 0 saturated carbocycles. The third-order valence-corrected chi connectivity index (χ3v) is 4.77. The van der Waals surface area contributed by atoms with E-state index >= 15 is 0 Å². The van der Waals surface area contributed by atoms with E-state index in [2.05, 4.69) is 20.6 Å². The lowest BCUT2D eigenvalue weighted by Crippen LogP contribution is -2.47. The Morgan fingerprint density at radius 2 is 1.86 bits per heavy atom. The van der Waals surface area contributed by atoms with Gasteiger partial charge in [0.2, 0.25) is 11.9 Å². The summed E-state index contributed by atoms with van der Waals surface area (Å²) in [6, 6.07) is 13.6. The van der Waals surface area contributed by atoms with E-state index in [1.54, 1.807) is 31.4 Å². The Morgan fingerprint density at radius 3 is 2.50 bits per heavy atom. The van der Waals surface area contributed by atoms with Crippen molar-refractivity contribution in [1.82, 2.24) is 15.3 Å². The monoisotopic (exact) mass is 380 g/mol. The number of aromatic amines is 1. The van der Waals surface area contributed by atoms with E-state index in [4.69, 9.17) is 4.74 Å². The van der Waals surface area contributed by atoms with Crippen LogP contribution in [0, 0.1) is 5.92 Å². The smallest absolute Gasteiger partial charge is 0.251 e. The molecular weight excluding hydrogens is 356 g/mol. The molecule has 2 aromatic carbocycles. The van der Waals surface area contributed by atoms with Crippen LogP contribution in [-0.2, 0) is 4.79 Å². The van der Waals surface area contributed by atoms with Crippen LogP contribution in [0.3, 0.4) is 0 Å². The molecule has 7 heteroatoms. The first kappa shape index (κ1) is 19.4. The number of imidazole rings is 1. The average molecular weight is 380 g/mol. The normalized spacial score (nSPS) is 13.0. The Bertz CT molecular complexity index is 932. The number of ether oxygens (including phenoxy) is 1. The van der Waals surface area contributed by atoms with Crippen LogP contribution in [0.4, 0.5) is 5.95 Å². The van der Waals surface area contributed by atoms with Crippen LogP contribution in [0.25, 0.3) is 11.0 Å². The molecule has 2 atom stereocenters. The summed E-state index contributed by atoms with van der Waals surface area (Å²) >= 11 is 0. The Kier molecular flexibility index (Phi) is 5.93. The van der Waals surface area contributed by atoms with Gasteiger partial charge in [0.25, 0.3) is 5.91 Å². The molecular formula is C21H24N4O3. The lowest BCUT2D eigenvalue weighted by Gasteiger charge is -2.23. The van der Waals surface area contributed by atoms with Gasteiger partial charge in [-0.3, -0.25) is 14.9 Å². The van der Waals surface area contributed by atoms with Gasteiger partial charge >= 0.3 is 0 Å². The van der Waals surface area contributed by atoms with E-state index in [1.165, 1.54) is 0 Å². The molecule has 2 amide bonds. The summed E-state index contributed by atoms with van der Waals surface area (Å²) < 4.78 is 5.11. The molecule has 2 unspecified atom stereocenters. The first-order valence-electron chi connectivity index (χ1n) is 9.22. The fourth-order valence-electron chi connectivity index (χ4n) is 2.88. The molecule has 0 aliphatic rings. The van der Waals surface area contributed by atoms with Gasteiger partial charge in [-0.2, -0.15) is 0 Å². The fourth-order valence-corrected chi connectivity index (χ4v) is 2.88. The van der Waals surface area contributed by atoms with E-state index in [1.807, 2.05) is 38.1 Å². The molecule has 1 aromatic heterocycles. The highest BCUT2D eigenvalue weighted by Crippen LogP contribution is 2.16. The van der Waals surface area contributed by atoms with Gasteiger partial charge in [-0.05, 0) is 42.3 Å². The van der Waals surface area contributed by atoms with Crippen LogP contribution in [0.5, 0.6) is 5.75 Å². The highest BCUT2D eigenvalue weighted by atomic mass is 16.5. The Balaban J connectivity index is 1.74. The van der Waals surface area contributed by atoms with Crippen molar-refractivity contribution in [3.8, 4) is 5.75 Å². The molecule has 7 nitrogen and oxygen atoms in total. The molecule has 3 N–H and O–H groups in total. The standard InChI is InChI=1S/C21H24N4O3/c1-4-13(2)18(24-19(26)14-9-11-15(28-3)12-10-14)20(27)25-21-22-16-7-5-6-8-17(16)23-21/h5-13,18H,4H2,1-3H3,(H,24,26)(H2,22,23,25,27). The fraction of sp³-hybridized carbons (Fsp3) is 0.286. The maximum Gasteiger partial charge on any atom is 0.251 e. The maximum atomic E-state index is 12.9. The molecule has 0 radical (unpaired) electrons. The predicted octanol–water partition coefficient (Wildman–Crippen LogP) is 3.35. The number of carbonyl (C=O) groups is 2. The van der Waals surface area contributed by atoms with Crippen LogP contribution >= 0.6 is 0 Å². The largest absolute Gasteiger partial charge is 0.497 e. The summed E-state index contributed by atoms with van der Waals surface area (Å²) in [6.07, 6.45) is 0.737. The Hall–Kier alpha value is -3.35. The van der Waals surface area contributed by atoms with Gasteiger partial charge in [0, 0.05) is 5.56 Å². The third kappa shape index (κ3) is 4.31. The minimum absolute atomic E-state index is 0.0495. The number of benzene rings is 2. The first-order valence-corrected chi connectivity index (χ1v) is 9.22. The number of nitrogens with one attached hydrogen (secondary N) is 3. The number of rotatable bonds is 7. The lowest BCUT2D eigenvalue weighted by atomic mass is 9.98. The second kappa shape index (κ2) is 8.56. The molecule has 0 fully saturated rings. The van der Waals surface area contributed by atoms with Crippen molar-refractivity contribution >= 4 is 28.8 Å². The van der Waals surface area contributed by atoms with Gasteiger partial charge in [-0.1, -0.05) is 32.4 Å². The number of nitrogens with zero attached hydrogens (tertiary/aromatic N) is 1. The molecule has 146 valence electrons. The molecule has 3 aromatic rings. The summed E-state index contributed by atoms with van der Waals surface area (Å²) in [5, 5.41) is 5.62. The molecule has 0 bridgehead atoms. The summed E-state index contributed by atoms with van der Waals surface area (Å²) in [5.74, 6) is 0.352. The number of hydrogen-bond donors (Lipinski definition) is 3. The Morgan fingerprint density at radius 1 is 1.14 bits per heavy atom. The molecule has 3 rings (SSSR count). The number of amides is 2. The van der Waals surface area contributed by atoms with E-state index in [-0.39, 0.29) is 17.7 Å². The molecule has 0 aliphatic heterocycles. The topological polar surface area (TPSA) is 96.1 Å². The quantitative estimate of drug-likeness (QED) is 0.586. The zero-order chi connectivity index (χ0) is 20.1. The van der Waals surface area contributed by atoms with Crippen LogP contribution < -0.4 is 15.4 Å². The zero-order valence-corrected chi connectivity index (χ0v) is 16.2. The van der Waals surface area contributed by atoms with Crippen molar-refractivity contribution in [2.75, 3.05) is 12.4 Å². The van der Waals surface area contributed by atoms with Crippen LogP contribution in [0.1, 0.15) is 30.6 Å². The number of methoxy groups -OCH3 is 1. The predicted molar refractivity (Wildman–Crippen MR) is 108 cm³/mol. The van der Waals surface area contributed by atoms with Crippen molar-refractivity contribution in [3.63, 3.8) is 0 Å². The maximum absolute atomic E-state index is 12.9. The minimum atomic E-state index is -0.687. The van der Waals surface area contributed by atoms with E-state index < -0.39 is 6.04 Å². The first-order chi connectivity index (χ1) is 13.5. The molecule has 0 saturated heterocycles. The average Bonchev–Trinajstić information content (AvgIpc) is 3.13. The number of hydrogen-bond acceptors (Lipinski definition) is 4. The molecule has 0 aliphatic carbocycles. The summed E-state index contributed by atoms with van der Waals surface area (Å²) in [5.41, 5.74) is 2.06.